The van der Waals surface area contributed by atoms with E-state index in [1.54, 1.807) is 0 Å². The Morgan fingerprint density at radius 1 is 1.33 bits per heavy atom. The van der Waals surface area contributed by atoms with E-state index in [9.17, 15) is 0 Å². The van der Waals surface area contributed by atoms with E-state index < -0.39 is 0 Å². The average Bonchev–Trinajstić information content (AvgIpc) is 2.47. The number of hydrogen-bond acceptors (Lipinski definition) is 3. The van der Waals surface area contributed by atoms with Gasteiger partial charge in [-0.05, 0) is 66.4 Å². The van der Waals surface area contributed by atoms with Gasteiger partial charge in [0.2, 0.25) is 0 Å². The van der Waals surface area contributed by atoms with Crippen LogP contribution in [-0.4, -0.2) is 36.7 Å². The second-order valence-electron chi connectivity index (χ2n) is 5.62. The number of hydrogen-bond donors (Lipinski definition) is 1. The standard InChI is InChI=1S/C16H24BrClN2O/c1-2-20(14-6-4-13(19)5-7-14)9-10-21-16-8-3-12(18)11-15(16)17/h3,8,11,13-14H,2,4-7,9-10,19H2,1H3. The highest BCUT2D eigenvalue weighted by molar-refractivity contribution is 9.10. The van der Waals surface area contributed by atoms with Crippen molar-refractivity contribution in [3.8, 4) is 5.75 Å². The molecule has 1 aliphatic carbocycles. The minimum atomic E-state index is 0.404. The van der Waals surface area contributed by atoms with Gasteiger partial charge in [0.05, 0.1) is 4.47 Å². The summed E-state index contributed by atoms with van der Waals surface area (Å²) in [4.78, 5) is 2.51. The number of nitrogens with zero attached hydrogens (tertiary/aromatic N) is 1. The van der Waals surface area contributed by atoms with Crippen LogP contribution >= 0.6 is 27.5 Å². The number of likely N-dealkylation sites (N-methyl/N-ethyl adjacent to an activating group) is 1. The third-order valence-corrected chi connectivity index (χ3v) is 5.05. The minimum absolute atomic E-state index is 0.404. The normalized spacial score (nSPS) is 22.5. The van der Waals surface area contributed by atoms with Gasteiger partial charge >= 0.3 is 0 Å². The van der Waals surface area contributed by atoms with Crippen molar-refractivity contribution in [2.24, 2.45) is 5.73 Å². The predicted octanol–water partition coefficient (Wildman–Crippen LogP) is 4.07. The molecule has 118 valence electrons. The van der Waals surface area contributed by atoms with E-state index in [0.717, 1.165) is 36.2 Å². The molecule has 1 saturated carbocycles. The Balaban J connectivity index is 1.80. The van der Waals surface area contributed by atoms with Gasteiger partial charge in [-0.1, -0.05) is 18.5 Å². The molecule has 2 N–H and O–H groups in total. The Morgan fingerprint density at radius 3 is 2.67 bits per heavy atom. The summed E-state index contributed by atoms with van der Waals surface area (Å²) < 4.78 is 6.77. The average molecular weight is 376 g/mol. The molecule has 21 heavy (non-hydrogen) atoms. The first-order chi connectivity index (χ1) is 10.1. The first-order valence-electron chi connectivity index (χ1n) is 7.67. The second-order valence-corrected chi connectivity index (χ2v) is 6.91. The smallest absolute Gasteiger partial charge is 0.133 e. The molecule has 0 amide bonds. The molecule has 1 aromatic carbocycles. The lowest BCUT2D eigenvalue weighted by molar-refractivity contribution is 0.132. The van der Waals surface area contributed by atoms with Crippen molar-refractivity contribution in [2.75, 3.05) is 19.7 Å². The van der Waals surface area contributed by atoms with Gasteiger partial charge in [-0.25, -0.2) is 0 Å². The van der Waals surface area contributed by atoms with Crippen LogP contribution in [0.5, 0.6) is 5.75 Å². The van der Waals surface area contributed by atoms with Crippen molar-refractivity contribution in [3.63, 3.8) is 0 Å². The molecule has 0 heterocycles. The predicted molar refractivity (Wildman–Crippen MR) is 92.1 cm³/mol. The Labute approximate surface area is 140 Å². The molecule has 0 saturated heterocycles. The fraction of sp³-hybridized carbons (Fsp3) is 0.625. The largest absolute Gasteiger partial charge is 0.491 e. The van der Waals surface area contributed by atoms with Crippen molar-refractivity contribution in [1.82, 2.24) is 4.90 Å². The van der Waals surface area contributed by atoms with Crippen LogP contribution in [0.3, 0.4) is 0 Å². The fourth-order valence-corrected chi connectivity index (χ4v) is 3.73. The molecule has 5 heteroatoms. The van der Waals surface area contributed by atoms with Crippen LogP contribution in [0.15, 0.2) is 22.7 Å². The van der Waals surface area contributed by atoms with Crippen LogP contribution in [0.1, 0.15) is 32.6 Å². The van der Waals surface area contributed by atoms with Crippen molar-refractivity contribution in [2.45, 2.75) is 44.7 Å². The zero-order valence-electron chi connectivity index (χ0n) is 12.5. The summed E-state index contributed by atoms with van der Waals surface area (Å²) in [5.74, 6) is 0.848. The Kier molecular flexibility index (Phi) is 6.80. The zero-order chi connectivity index (χ0) is 15.2. The summed E-state index contributed by atoms with van der Waals surface area (Å²) >= 11 is 9.41. The van der Waals surface area contributed by atoms with E-state index in [2.05, 4.69) is 27.8 Å². The lowest BCUT2D eigenvalue weighted by Gasteiger charge is -2.35. The molecule has 0 bridgehead atoms. The number of benzene rings is 1. The van der Waals surface area contributed by atoms with Gasteiger partial charge in [0, 0.05) is 23.7 Å². The molecule has 0 aromatic heterocycles. The highest BCUT2D eigenvalue weighted by Gasteiger charge is 2.23. The molecule has 0 unspecified atom stereocenters. The topological polar surface area (TPSA) is 38.5 Å². The molecule has 0 aliphatic heterocycles. The molecule has 2 rings (SSSR count). The summed E-state index contributed by atoms with van der Waals surface area (Å²) in [6.45, 7) is 4.92. The SMILES string of the molecule is CCN(CCOc1ccc(Cl)cc1Br)C1CCC(N)CC1. The van der Waals surface area contributed by atoms with E-state index in [4.69, 9.17) is 22.1 Å². The van der Waals surface area contributed by atoms with Crippen molar-refractivity contribution < 1.29 is 4.74 Å². The van der Waals surface area contributed by atoms with Gasteiger partial charge in [-0.3, -0.25) is 4.90 Å². The number of halogens is 2. The van der Waals surface area contributed by atoms with Crippen LogP contribution in [0.4, 0.5) is 0 Å². The second kappa shape index (κ2) is 8.37. The monoisotopic (exact) mass is 374 g/mol. The Hall–Kier alpha value is -0.290. The first-order valence-corrected chi connectivity index (χ1v) is 8.84. The lowest BCUT2D eigenvalue weighted by Crippen LogP contribution is -2.42. The van der Waals surface area contributed by atoms with Gasteiger partial charge in [-0.15, -0.1) is 0 Å². The van der Waals surface area contributed by atoms with Crippen molar-refractivity contribution in [3.05, 3.63) is 27.7 Å². The lowest BCUT2D eigenvalue weighted by atomic mass is 9.91. The summed E-state index contributed by atoms with van der Waals surface area (Å²) in [6.07, 6.45) is 4.70. The van der Waals surface area contributed by atoms with E-state index in [-0.39, 0.29) is 0 Å². The molecule has 1 aliphatic rings. The molecule has 0 atom stereocenters. The van der Waals surface area contributed by atoms with Gasteiger partial charge in [0.15, 0.2) is 0 Å². The summed E-state index contributed by atoms with van der Waals surface area (Å²) in [5, 5.41) is 0.711. The third-order valence-electron chi connectivity index (χ3n) is 4.19. The maximum absolute atomic E-state index is 5.98. The molecular formula is C16H24BrClN2O. The molecule has 3 nitrogen and oxygen atoms in total. The van der Waals surface area contributed by atoms with Crippen LogP contribution in [0, 0.1) is 0 Å². The molecule has 0 spiro atoms. The van der Waals surface area contributed by atoms with Gasteiger partial charge < -0.3 is 10.5 Å². The van der Waals surface area contributed by atoms with Crippen molar-refractivity contribution >= 4 is 27.5 Å². The summed E-state index contributed by atoms with van der Waals surface area (Å²) in [7, 11) is 0. The highest BCUT2D eigenvalue weighted by atomic mass is 79.9. The van der Waals surface area contributed by atoms with Crippen LogP contribution in [0.25, 0.3) is 0 Å². The number of ether oxygens (including phenoxy) is 1. The van der Waals surface area contributed by atoms with Gasteiger partial charge in [-0.2, -0.15) is 0 Å². The van der Waals surface area contributed by atoms with E-state index in [1.807, 2.05) is 18.2 Å². The maximum Gasteiger partial charge on any atom is 0.133 e. The zero-order valence-corrected chi connectivity index (χ0v) is 14.9. The first kappa shape index (κ1) is 17.1. The summed E-state index contributed by atoms with van der Waals surface area (Å²) in [6, 6.07) is 6.68. The molecular weight excluding hydrogens is 352 g/mol. The number of nitrogens with two attached hydrogens (primary N) is 1. The molecule has 0 radical (unpaired) electrons. The van der Waals surface area contributed by atoms with Gasteiger partial charge in [0.1, 0.15) is 12.4 Å². The Bertz CT molecular complexity index is 450. The molecule has 1 aromatic rings. The quantitative estimate of drug-likeness (QED) is 0.814. The minimum Gasteiger partial charge on any atom is -0.491 e. The van der Waals surface area contributed by atoms with Crippen molar-refractivity contribution in [1.29, 1.82) is 0 Å². The van der Waals surface area contributed by atoms with Crippen LogP contribution in [-0.2, 0) is 0 Å². The molecule has 1 fully saturated rings. The van der Waals surface area contributed by atoms with E-state index in [0.29, 0.717) is 23.7 Å². The van der Waals surface area contributed by atoms with E-state index in [1.165, 1.54) is 12.8 Å². The fourth-order valence-electron chi connectivity index (χ4n) is 2.93. The number of rotatable bonds is 6. The van der Waals surface area contributed by atoms with E-state index >= 15 is 0 Å². The highest BCUT2D eigenvalue weighted by Crippen LogP contribution is 2.28. The van der Waals surface area contributed by atoms with Crippen LogP contribution < -0.4 is 10.5 Å². The summed E-state index contributed by atoms with van der Waals surface area (Å²) in [5.41, 5.74) is 5.98. The Morgan fingerprint density at radius 2 is 2.05 bits per heavy atom. The maximum atomic E-state index is 5.98. The van der Waals surface area contributed by atoms with Crippen LogP contribution in [0.2, 0.25) is 5.02 Å². The third kappa shape index (κ3) is 5.13. The van der Waals surface area contributed by atoms with Gasteiger partial charge in [0.25, 0.3) is 0 Å².